The summed E-state index contributed by atoms with van der Waals surface area (Å²) in [5.41, 5.74) is 1.03. The minimum Gasteiger partial charge on any atom is -0.359 e. The van der Waals surface area contributed by atoms with Crippen LogP contribution in [0.25, 0.3) is 11.4 Å². The number of aromatic amines is 1. The molecule has 1 aliphatic rings. The van der Waals surface area contributed by atoms with E-state index in [1.165, 1.54) is 0 Å². The van der Waals surface area contributed by atoms with Crippen LogP contribution in [0.4, 0.5) is 0 Å². The number of piperidine rings is 1. The highest BCUT2D eigenvalue weighted by Crippen LogP contribution is 2.26. The maximum Gasteiger partial charge on any atom is 0.221 e. The molecule has 1 atom stereocenters. The number of hydrogen-bond acceptors (Lipinski definition) is 4. The maximum atomic E-state index is 11.4. The fraction of sp³-hybridized carbons (Fsp3) is 0.471. The summed E-state index contributed by atoms with van der Waals surface area (Å²) in [7, 11) is 1.68. The van der Waals surface area contributed by atoms with Crippen LogP contribution in [-0.4, -0.2) is 52.7 Å². The molecule has 1 fully saturated rings. The topological polar surface area (TPSA) is 73.9 Å². The molecule has 2 N–H and O–H groups in total. The Morgan fingerprint density at radius 3 is 3.00 bits per heavy atom. The van der Waals surface area contributed by atoms with Gasteiger partial charge in [0.2, 0.25) is 5.91 Å². The number of nitrogens with zero attached hydrogens (tertiary/aromatic N) is 3. The van der Waals surface area contributed by atoms with Gasteiger partial charge in [0, 0.05) is 38.0 Å². The van der Waals surface area contributed by atoms with Crippen molar-refractivity contribution in [3.8, 4) is 11.4 Å². The quantitative estimate of drug-likeness (QED) is 0.882. The summed E-state index contributed by atoms with van der Waals surface area (Å²) in [6.45, 7) is 2.78. The second kappa shape index (κ2) is 7.37. The minimum absolute atomic E-state index is 0.0955. The van der Waals surface area contributed by atoms with E-state index in [0.29, 0.717) is 12.3 Å². The van der Waals surface area contributed by atoms with Gasteiger partial charge in [-0.1, -0.05) is 30.3 Å². The molecule has 0 spiro atoms. The lowest BCUT2D eigenvalue weighted by atomic mass is 9.97. The predicted octanol–water partition coefficient (Wildman–Crippen LogP) is 1.79. The van der Waals surface area contributed by atoms with Crippen molar-refractivity contribution in [2.24, 2.45) is 0 Å². The summed E-state index contributed by atoms with van der Waals surface area (Å²) >= 11 is 0. The van der Waals surface area contributed by atoms with Crippen molar-refractivity contribution in [2.45, 2.75) is 25.2 Å². The van der Waals surface area contributed by atoms with E-state index in [1.807, 2.05) is 30.3 Å². The highest BCUT2D eigenvalue weighted by Gasteiger charge is 2.24. The first-order valence-corrected chi connectivity index (χ1v) is 8.17. The van der Waals surface area contributed by atoms with E-state index in [1.54, 1.807) is 7.05 Å². The molecule has 1 aliphatic heterocycles. The summed E-state index contributed by atoms with van der Waals surface area (Å²) in [5.74, 6) is 2.16. The fourth-order valence-electron chi connectivity index (χ4n) is 3.04. The van der Waals surface area contributed by atoms with Crippen molar-refractivity contribution >= 4 is 5.91 Å². The van der Waals surface area contributed by atoms with Crippen molar-refractivity contribution in [2.75, 3.05) is 26.7 Å². The molecule has 0 bridgehead atoms. The Morgan fingerprint density at radius 2 is 2.22 bits per heavy atom. The van der Waals surface area contributed by atoms with Gasteiger partial charge in [-0.15, -0.1) is 0 Å². The van der Waals surface area contributed by atoms with Crippen LogP contribution in [0.2, 0.25) is 0 Å². The number of amides is 1. The largest absolute Gasteiger partial charge is 0.359 e. The molecule has 0 saturated carbocycles. The van der Waals surface area contributed by atoms with Gasteiger partial charge in [0.1, 0.15) is 5.82 Å². The number of likely N-dealkylation sites (tertiary alicyclic amines) is 1. The lowest BCUT2D eigenvalue weighted by Crippen LogP contribution is -2.37. The monoisotopic (exact) mass is 313 g/mol. The Kier molecular flexibility index (Phi) is 5.02. The molecule has 122 valence electrons. The van der Waals surface area contributed by atoms with Crippen LogP contribution in [0.5, 0.6) is 0 Å². The van der Waals surface area contributed by atoms with Gasteiger partial charge in [-0.05, 0) is 19.4 Å². The number of benzene rings is 1. The number of nitrogens with one attached hydrogen (secondary N) is 2. The standard InChI is InChI=1S/C17H23N5O/c1-18-15(23)9-11-22-10-5-8-14(12-22)17-19-16(20-21-17)13-6-3-2-4-7-13/h2-4,6-7,14H,5,8-12H2,1H3,(H,18,23)(H,19,20,21). The summed E-state index contributed by atoms with van der Waals surface area (Å²) in [6, 6.07) is 10.0. The molecule has 1 unspecified atom stereocenters. The van der Waals surface area contributed by atoms with Gasteiger partial charge < -0.3 is 10.2 Å². The molecule has 6 nitrogen and oxygen atoms in total. The first-order valence-electron chi connectivity index (χ1n) is 8.17. The van der Waals surface area contributed by atoms with E-state index in [-0.39, 0.29) is 5.91 Å². The first kappa shape index (κ1) is 15.7. The zero-order chi connectivity index (χ0) is 16.1. The molecule has 0 radical (unpaired) electrons. The van der Waals surface area contributed by atoms with Crippen LogP contribution >= 0.6 is 0 Å². The SMILES string of the molecule is CNC(=O)CCN1CCCC(c2nc(-c3ccccc3)n[nH]2)C1. The Labute approximate surface area is 136 Å². The lowest BCUT2D eigenvalue weighted by Gasteiger charge is -2.31. The van der Waals surface area contributed by atoms with Crippen molar-refractivity contribution in [3.63, 3.8) is 0 Å². The third kappa shape index (κ3) is 3.96. The number of carbonyl (C=O) groups excluding carboxylic acids is 1. The predicted molar refractivity (Wildman–Crippen MR) is 88.9 cm³/mol. The average Bonchev–Trinajstić information content (AvgIpc) is 3.11. The summed E-state index contributed by atoms with van der Waals surface area (Å²) in [4.78, 5) is 18.4. The van der Waals surface area contributed by atoms with Crippen LogP contribution < -0.4 is 5.32 Å². The van der Waals surface area contributed by atoms with E-state index >= 15 is 0 Å². The second-order valence-electron chi connectivity index (χ2n) is 5.97. The van der Waals surface area contributed by atoms with Crippen LogP contribution in [0.3, 0.4) is 0 Å². The van der Waals surface area contributed by atoms with Gasteiger partial charge in [0.15, 0.2) is 5.82 Å². The molecule has 2 heterocycles. The second-order valence-corrected chi connectivity index (χ2v) is 5.97. The molecule has 1 amide bonds. The molecule has 6 heteroatoms. The summed E-state index contributed by atoms with van der Waals surface area (Å²) < 4.78 is 0. The van der Waals surface area contributed by atoms with E-state index in [0.717, 1.165) is 49.7 Å². The average molecular weight is 313 g/mol. The van der Waals surface area contributed by atoms with Gasteiger partial charge in [-0.25, -0.2) is 4.98 Å². The Hall–Kier alpha value is -2.21. The van der Waals surface area contributed by atoms with Crippen LogP contribution in [-0.2, 0) is 4.79 Å². The van der Waals surface area contributed by atoms with Gasteiger partial charge in [0.25, 0.3) is 0 Å². The van der Waals surface area contributed by atoms with E-state index in [4.69, 9.17) is 0 Å². The van der Waals surface area contributed by atoms with Gasteiger partial charge >= 0.3 is 0 Å². The zero-order valence-electron chi connectivity index (χ0n) is 13.5. The molecular formula is C17H23N5O. The van der Waals surface area contributed by atoms with Crippen LogP contribution in [0.15, 0.2) is 30.3 Å². The first-order chi connectivity index (χ1) is 11.3. The van der Waals surface area contributed by atoms with Crippen molar-refractivity contribution < 1.29 is 4.79 Å². The fourth-order valence-corrected chi connectivity index (χ4v) is 3.04. The van der Waals surface area contributed by atoms with Crippen LogP contribution in [0, 0.1) is 0 Å². The highest BCUT2D eigenvalue weighted by atomic mass is 16.1. The molecule has 1 aromatic heterocycles. The number of H-pyrrole nitrogens is 1. The van der Waals surface area contributed by atoms with E-state index in [2.05, 4.69) is 25.4 Å². The third-order valence-corrected chi connectivity index (χ3v) is 4.36. The van der Waals surface area contributed by atoms with Crippen molar-refractivity contribution in [3.05, 3.63) is 36.2 Å². The van der Waals surface area contributed by atoms with Gasteiger partial charge in [-0.3, -0.25) is 9.89 Å². The van der Waals surface area contributed by atoms with Crippen LogP contribution in [0.1, 0.15) is 31.0 Å². The zero-order valence-corrected chi connectivity index (χ0v) is 13.5. The summed E-state index contributed by atoms with van der Waals surface area (Å²) in [5, 5.41) is 10.1. The van der Waals surface area contributed by atoms with E-state index in [9.17, 15) is 4.79 Å². The van der Waals surface area contributed by atoms with Gasteiger partial charge in [-0.2, -0.15) is 5.10 Å². The molecular weight excluding hydrogens is 290 g/mol. The maximum absolute atomic E-state index is 11.4. The Bertz CT molecular complexity index is 639. The number of hydrogen-bond donors (Lipinski definition) is 2. The van der Waals surface area contributed by atoms with Crippen molar-refractivity contribution in [1.29, 1.82) is 0 Å². The van der Waals surface area contributed by atoms with Gasteiger partial charge in [0.05, 0.1) is 0 Å². The molecule has 3 rings (SSSR count). The molecule has 1 saturated heterocycles. The smallest absolute Gasteiger partial charge is 0.221 e. The third-order valence-electron chi connectivity index (χ3n) is 4.36. The molecule has 0 aliphatic carbocycles. The molecule has 2 aromatic rings. The molecule has 23 heavy (non-hydrogen) atoms. The number of aromatic nitrogens is 3. The highest BCUT2D eigenvalue weighted by molar-refractivity contribution is 5.75. The Balaban J connectivity index is 1.63. The Morgan fingerprint density at radius 1 is 1.39 bits per heavy atom. The lowest BCUT2D eigenvalue weighted by molar-refractivity contribution is -0.121. The normalized spacial score (nSPS) is 18.7. The number of carbonyl (C=O) groups is 1. The van der Waals surface area contributed by atoms with Crippen molar-refractivity contribution in [1.82, 2.24) is 25.4 Å². The number of rotatable bonds is 5. The summed E-state index contributed by atoms with van der Waals surface area (Å²) in [6.07, 6.45) is 2.79. The minimum atomic E-state index is 0.0955. The van der Waals surface area contributed by atoms with E-state index < -0.39 is 0 Å². The molecule has 1 aromatic carbocycles.